The first-order valence-electron chi connectivity index (χ1n) is 15.0. The van der Waals surface area contributed by atoms with Crippen LogP contribution in [0.2, 0.25) is 0 Å². The summed E-state index contributed by atoms with van der Waals surface area (Å²) in [5.41, 5.74) is 0.984. The van der Waals surface area contributed by atoms with Crippen LogP contribution in [0.3, 0.4) is 0 Å². The van der Waals surface area contributed by atoms with Gasteiger partial charge in [-0.2, -0.15) is 0 Å². The molecule has 1 N–H and O–H groups in total. The molecule has 0 aromatic heterocycles. The number of phenols is 1. The van der Waals surface area contributed by atoms with Crippen LogP contribution in [0.15, 0.2) is 12.1 Å². The number of hydrogen-bond donors (Lipinski definition) is 1. The highest BCUT2D eigenvalue weighted by Gasteiger charge is 2.28. The number of phenolic OH excluding ortho intramolecular Hbond substituents is 1. The van der Waals surface area contributed by atoms with Crippen molar-refractivity contribution in [2.75, 3.05) is 0 Å². The minimum atomic E-state index is -0.637. The van der Waals surface area contributed by atoms with Gasteiger partial charge in [0.2, 0.25) is 0 Å². The van der Waals surface area contributed by atoms with E-state index in [4.69, 9.17) is 4.74 Å². The Hall–Kier alpha value is -1.84. The molecule has 0 heterocycles. The van der Waals surface area contributed by atoms with E-state index in [-0.39, 0.29) is 23.0 Å². The molecule has 0 amide bonds. The third-order valence-corrected chi connectivity index (χ3v) is 7.15. The first-order valence-corrected chi connectivity index (χ1v) is 15.0. The number of rotatable bonds is 17. The van der Waals surface area contributed by atoms with E-state index < -0.39 is 11.9 Å². The molecule has 0 aliphatic carbocycles. The molecule has 1 rings (SSSR count). The maximum atomic E-state index is 12.8. The molecule has 0 atom stereocenters. The van der Waals surface area contributed by atoms with Crippen LogP contribution in [0.5, 0.6) is 5.75 Å². The standard InChI is InChI=1S/C33H56O4/c1-8-9-10-11-12-13-14-15-16-17-18-19-20-21-22-23-29(34)37-31(36)26-24-27(32(2,3)4)30(35)28(25-26)33(5,6)7/h24-25,35H,8-23H2,1-7H3. The van der Waals surface area contributed by atoms with Gasteiger partial charge >= 0.3 is 11.9 Å². The number of carbonyl (C=O) groups excluding carboxylic acids is 2. The topological polar surface area (TPSA) is 63.6 Å². The van der Waals surface area contributed by atoms with Crippen LogP contribution in [0, 0.1) is 0 Å². The average molecular weight is 517 g/mol. The molecule has 37 heavy (non-hydrogen) atoms. The van der Waals surface area contributed by atoms with Gasteiger partial charge in [0.15, 0.2) is 0 Å². The molecule has 1 aromatic rings. The van der Waals surface area contributed by atoms with Crippen LogP contribution in [0.4, 0.5) is 0 Å². The van der Waals surface area contributed by atoms with Gasteiger partial charge in [-0.05, 0) is 29.4 Å². The Bertz CT molecular complexity index is 776. The van der Waals surface area contributed by atoms with E-state index in [0.29, 0.717) is 16.7 Å². The first kappa shape index (κ1) is 33.2. The summed E-state index contributed by atoms with van der Waals surface area (Å²) in [6, 6.07) is 3.32. The summed E-state index contributed by atoms with van der Waals surface area (Å²) in [5.74, 6) is -0.898. The summed E-state index contributed by atoms with van der Waals surface area (Å²) in [5, 5.41) is 10.8. The molecular weight excluding hydrogens is 460 g/mol. The first-order chi connectivity index (χ1) is 17.4. The van der Waals surface area contributed by atoms with Gasteiger partial charge in [0.25, 0.3) is 0 Å². The monoisotopic (exact) mass is 516 g/mol. The fraction of sp³-hybridized carbons (Fsp3) is 0.758. The van der Waals surface area contributed by atoms with Gasteiger partial charge in [-0.3, -0.25) is 4.79 Å². The van der Waals surface area contributed by atoms with Crippen LogP contribution in [0.1, 0.15) is 173 Å². The second-order valence-corrected chi connectivity index (χ2v) is 12.9. The molecule has 212 valence electrons. The van der Waals surface area contributed by atoms with Crippen molar-refractivity contribution in [3.8, 4) is 5.75 Å². The van der Waals surface area contributed by atoms with Crippen molar-refractivity contribution in [1.29, 1.82) is 0 Å². The molecule has 1 aromatic carbocycles. The summed E-state index contributed by atoms with van der Waals surface area (Å²) in [6.07, 6.45) is 19.3. The minimum absolute atomic E-state index is 0.209. The lowest BCUT2D eigenvalue weighted by Gasteiger charge is -2.27. The Morgan fingerprint density at radius 2 is 1.00 bits per heavy atom. The fourth-order valence-corrected chi connectivity index (χ4v) is 4.75. The Labute approximate surface area is 228 Å². The van der Waals surface area contributed by atoms with Crippen molar-refractivity contribution >= 4 is 11.9 Å². The van der Waals surface area contributed by atoms with E-state index in [1.54, 1.807) is 12.1 Å². The molecule has 4 nitrogen and oxygen atoms in total. The van der Waals surface area contributed by atoms with Crippen molar-refractivity contribution in [2.24, 2.45) is 0 Å². The second kappa shape index (κ2) is 16.9. The van der Waals surface area contributed by atoms with E-state index in [1.807, 2.05) is 41.5 Å². The second-order valence-electron chi connectivity index (χ2n) is 12.9. The van der Waals surface area contributed by atoms with Gasteiger partial charge in [-0.1, -0.05) is 138 Å². The summed E-state index contributed by atoms with van der Waals surface area (Å²) >= 11 is 0. The SMILES string of the molecule is CCCCCCCCCCCCCCCCCC(=O)OC(=O)c1cc(C(C)(C)C)c(O)c(C(C)(C)C)c1. The van der Waals surface area contributed by atoms with Gasteiger partial charge in [0.1, 0.15) is 5.75 Å². The zero-order valence-corrected chi connectivity index (χ0v) is 25.1. The van der Waals surface area contributed by atoms with Crippen LogP contribution in [0.25, 0.3) is 0 Å². The highest BCUT2D eigenvalue weighted by atomic mass is 16.6. The lowest BCUT2D eigenvalue weighted by Crippen LogP contribution is -2.20. The molecule has 4 heteroatoms. The van der Waals surface area contributed by atoms with Gasteiger partial charge in [0, 0.05) is 17.5 Å². The number of carbonyl (C=O) groups is 2. The normalized spacial score (nSPS) is 12.1. The molecule has 0 fully saturated rings. The van der Waals surface area contributed by atoms with Crippen LogP contribution in [-0.2, 0) is 20.4 Å². The molecular formula is C33H56O4. The maximum absolute atomic E-state index is 12.8. The van der Waals surface area contributed by atoms with Crippen molar-refractivity contribution in [2.45, 2.75) is 162 Å². The highest BCUT2D eigenvalue weighted by molar-refractivity contribution is 5.97. The Kier molecular flexibility index (Phi) is 15.1. The van der Waals surface area contributed by atoms with E-state index in [1.165, 1.54) is 77.0 Å². The fourth-order valence-electron chi connectivity index (χ4n) is 4.75. The third-order valence-electron chi connectivity index (χ3n) is 7.15. The van der Waals surface area contributed by atoms with Crippen LogP contribution in [-0.4, -0.2) is 17.0 Å². The number of ether oxygens (including phenoxy) is 1. The molecule has 0 spiro atoms. The molecule has 0 aliphatic heterocycles. The lowest BCUT2D eigenvalue weighted by molar-refractivity contribution is -0.138. The zero-order valence-electron chi connectivity index (χ0n) is 25.1. The Balaban J connectivity index is 2.30. The molecule has 0 aliphatic rings. The number of unbranched alkanes of at least 4 members (excludes halogenated alkanes) is 14. The van der Waals surface area contributed by atoms with Crippen molar-refractivity contribution < 1.29 is 19.4 Å². The van der Waals surface area contributed by atoms with Crippen molar-refractivity contribution in [1.82, 2.24) is 0 Å². The predicted octanol–water partition coefficient (Wildman–Crippen LogP) is 9.93. The Morgan fingerprint density at radius 1 is 0.649 bits per heavy atom. The van der Waals surface area contributed by atoms with E-state index in [0.717, 1.165) is 19.3 Å². The zero-order chi connectivity index (χ0) is 27.9. The maximum Gasteiger partial charge on any atom is 0.345 e. The van der Waals surface area contributed by atoms with Gasteiger partial charge < -0.3 is 9.84 Å². The van der Waals surface area contributed by atoms with E-state index in [2.05, 4.69) is 6.92 Å². The molecule has 0 bridgehead atoms. The summed E-state index contributed by atoms with van der Waals surface area (Å²) in [7, 11) is 0. The number of aromatic hydroxyl groups is 1. The minimum Gasteiger partial charge on any atom is -0.507 e. The van der Waals surface area contributed by atoms with Crippen molar-refractivity contribution in [3.05, 3.63) is 28.8 Å². The van der Waals surface area contributed by atoms with Crippen LogP contribution >= 0.6 is 0 Å². The van der Waals surface area contributed by atoms with E-state index in [9.17, 15) is 14.7 Å². The van der Waals surface area contributed by atoms with Gasteiger partial charge in [-0.15, -0.1) is 0 Å². The van der Waals surface area contributed by atoms with Gasteiger partial charge in [0.05, 0.1) is 5.56 Å². The third kappa shape index (κ3) is 13.5. The number of benzene rings is 1. The predicted molar refractivity (Wildman–Crippen MR) is 155 cm³/mol. The molecule has 0 saturated carbocycles. The molecule has 0 unspecified atom stereocenters. The molecule has 0 radical (unpaired) electrons. The summed E-state index contributed by atoms with van der Waals surface area (Å²) in [6.45, 7) is 14.2. The number of esters is 2. The quantitative estimate of drug-likeness (QED) is 0.127. The lowest BCUT2D eigenvalue weighted by atomic mass is 9.78. The Morgan fingerprint density at radius 3 is 1.35 bits per heavy atom. The smallest absolute Gasteiger partial charge is 0.345 e. The van der Waals surface area contributed by atoms with Gasteiger partial charge in [-0.25, -0.2) is 4.79 Å². The highest BCUT2D eigenvalue weighted by Crippen LogP contribution is 2.39. The summed E-state index contributed by atoms with van der Waals surface area (Å²) in [4.78, 5) is 25.1. The van der Waals surface area contributed by atoms with Crippen molar-refractivity contribution in [3.63, 3.8) is 0 Å². The van der Waals surface area contributed by atoms with E-state index >= 15 is 0 Å². The largest absolute Gasteiger partial charge is 0.507 e. The summed E-state index contributed by atoms with van der Waals surface area (Å²) < 4.78 is 5.17. The van der Waals surface area contributed by atoms with Crippen LogP contribution < -0.4 is 0 Å². The molecule has 0 saturated heterocycles. The number of hydrogen-bond acceptors (Lipinski definition) is 4. The average Bonchev–Trinajstić information content (AvgIpc) is 2.80.